The highest BCUT2D eigenvalue weighted by Crippen LogP contribution is 2.25. The second kappa shape index (κ2) is 5.20. The summed E-state index contributed by atoms with van der Waals surface area (Å²) in [5.74, 6) is 0.427. The van der Waals surface area contributed by atoms with Gasteiger partial charge in [0.25, 0.3) is 0 Å². The first kappa shape index (κ1) is 12.6. The standard InChI is InChI=1S/C10H16ClN3O3/c1-6(11)9-12-13-10(17-9)14-4-7(15-2)8(5-14)16-3/h6-8H,4-5H2,1-3H3. The number of ether oxygens (including phenoxy) is 2. The van der Waals surface area contributed by atoms with Crippen molar-refractivity contribution >= 4 is 17.6 Å². The highest BCUT2D eigenvalue weighted by molar-refractivity contribution is 6.20. The van der Waals surface area contributed by atoms with Crippen LogP contribution < -0.4 is 4.90 Å². The molecule has 1 fully saturated rings. The van der Waals surface area contributed by atoms with Crippen molar-refractivity contribution in [3.63, 3.8) is 0 Å². The van der Waals surface area contributed by atoms with Crippen LogP contribution in [0.15, 0.2) is 4.42 Å². The largest absolute Gasteiger partial charge is 0.406 e. The van der Waals surface area contributed by atoms with Crippen molar-refractivity contribution in [2.45, 2.75) is 24.5 Å². The molecule has 0 bridgehead atoms. The quantitative estimate of drug-likeness (QED) is 0.760. The average Bonchev–Trinajstić information content (AvgIpc) is 2.94. The number of aromatic nitrogens is 2. The lowest BCUT2D eigenvalue weighted by Gasteiger charge is -2.13. The highest BCUT2D eigenvalue weighted by atomic mass is 35.5. The fourth-order valence-electron chi connectivity index (χ4n) is 1.87. The summed E-state index contributed by atoms with van der Waals surface area (Å²) in [6, 6.07) is 0.467. The molecule has 7 heteroatoms. The van der Waals surface area contributed by atoms with Crippen molar-refractivity contribution < 1.29 is 13.9 Å². The third kappa shape index (κ3) is 2.53. The first-order chi connectivity index (χ1) is 8.15. The third-order valence-electron chi connectivity index (χ3n) is 2.86. The topological polar surface area (TPSA) is 60.6 Å². The third-order valence-corrected chi connectivity index (χ3v) is 3.05. The zero-order valence-electron chi connectivity index (χ0n) is 10.1. The first-order valence-corrected chi connectivity index (χ1v) is 5.87. The van der Waals surface area contributed by atoms with Crippen molar-refractivity contribution in [3.8, 4) is 0 Å². The van der Waals surface area contributed by atoms with Gasteiger partial charge in [0.2, 0.25) is 5.89 Å². The Kier molecular flexibility index (Phi) is 3.86. The van der Waals surface area contributed by atoms with Gasteiger partial charge in [-0.05, 0) is 6.92 Å². The van der Waals surface area contributed by atoms with Gasteiger partial charge in [-0.15, -0.1) is 16.7 Å². The van der Waals surface area contributed by atoms with Crippen molar-refractivity contribution in [2.75, 3.05) is 32.2 Å². The Hall–Kier alpha value is -0.850. The molecule has 1 saturated heterocycles. The van der Waals surface area contributed by atoms with E-state index < -0.39 is 0 Å². The Bertz CT molecular complexity index is 359. The molecule has 1 aromatic heterocycles. The molecule has 0 aromatic carbocycles. The smallest absolute Gasteiger partial charge is 0.318 e. The Balaban J connectivity index is 2.08. The summed E-state index contributed by atoms with van der Waals surface area (Å²) >= 11 is 5.87. The lowest BCUT2D eigenvalue weighted by atomic mass is 10.3. The van der Waals surface area contributed by atoms with Gasteiger partial charge >= 0.3 is 6.01 Å². The van der Waals surface area contributed by atoms with Gasteiger partial charge in [-0.1, -0.05) is 5.10 Å². The van der Waals surface area contributed by atoms with E-state index in [-0.39, 0.29) is 17.6 Å². The predicted molar refractivity (Wildman–Crippen MR) is 62.4 cm³/mol. The van der Waals surface area contributed by atoms with E-state index in [0.29, 0.717) is 25.0 Å². The van der Waals surface area contributed by atoms with Crippen LogP contribution in [0.25, 0.3) is 0 Å². The van der Waals surface area contributed by atoms with E-state index in [2.05, 4.69) is 10.2 Å². The van der Waals surface area contributed by atoms with Crippen molar-refractivity contribution in [1.82, 2.24) is 10.2 Å². The van der Waals surface area contributed by atoms with Crippen LogP contribution in [-0.2, 0) is 9.47 Å². The highest BCUT2D eigenvalue weighted by Gasteiger charge is 2.35. The molecular weight excluding hydrogens is 246 g/mol. The SMILES string of the molecule is COC1CN(c2nnc(C(C)Cl)o2)CC1OC. The van der Waals surface area contributed by atoms with Crippen LogP contribution in [0.1, 0.15) is 18.2 Å². The number of anilines is 1. The second-order valence-electron chi connectivity index (χ2n) is 3.99. The van der Waals surface area contributed by atoms with Crippen LogP contribution in [0.5, 0.6) is 0 Å². The summed E-state index contributed by atoms with van der Waals surface area (Å²) in [7, 11) is 3.33. The number of nitrogens with zero attached hydrogens (tertiary/aromatic N) is 3. The summed E-state index contributed by atoms with van der Waals surface area (Å²) in [4.78, 5) is 1.94. The molecule has 2 rings (SSSR count). The molecule has 3 unspecified atom stereocenters. The Labute approximate surface area is 105 Å². The fourth-order valence-corrected chi connectivity index (χ4v) is 1.96. The number of alkyl halides is 1. The van der Waals surface area contributed by atoms with Crippen molar-refractivity contribution in [3.05, 3.63) is 5.89 Å². The van der Waals surface area contributed by atoms with E-state index in [1.54, 1.807) is 21.1 Å². The van der Waals surface area contributed by atoms with Crippen LogP contribution in [0.2, 0.25) is 0 Å². The van der Waals surface area contributed by atoms with Crippen molar-refractivity contribution in [2.24, 2.45) is 0 Å². The molecule has 17 heavy (non-hydrogen) atoms. The van der Waals surface area contributed by atoms with Gasteiger partial charge in [0.1, 0.15) is 17.6 Å². The molecule has 6 nitrogen and oxygen atoms in total. The molecule has 2 heterocycles. The molecule has 1 aliphatic heterocycles. The summed E-state index contributed by atoms with van der Waals surface area (Å²) in [6.45, 7) is 3.14. The number of rotatable bonds is 4. The normalized spacial score (nSPS) is 26.5. The number of hydrogen-bond donors (Lipinski definition) is 0. The lowest BCUT2D eigenvalue weighted by Crippen LogP contribution is -2.27. The van der Waals surface area contributed by atoms with Crippen LogP contribution in [0, 0.1) is 0 Å². The minimum atomic E-state index is -0.282. The Morgan fingerprint density at radius 3 is 2.29 bits per heavy atom. The van der Waals surface area contributed by atoms with Gasteiger partial charge in [-0.3, -0.25) is 0 Å². The molecular formula is C10H16ClN3O3. The maximum atomic E-state index is 5.87. The lowest BCUT2D eigenvalue weighted by molar-refractivity contribution is -0.00461. The molecule has 0 radical (unpaired) electrons. The van der Waals surface area contributed by atoms with Gasteiger partial charge in [0.05, 0.1) is 13.1 Å². The second-order valence-corrected chi connectivity index (χ2v) is 4.65. The van der Waals surface area contributed by atoms with Gasteiger partial charge in [0.15, 0.2) is 0 Å². The molecule has 0 amide bonds. The molecule has 0 saturated carbocycles. The Morgan fingerprint density at radius 1 is 1.29 bits per heavy atom. The maximum Gasteiger partial charge on any atom is 0.318 e. The van der Waals surface area contributed by atoms with Gasteiger partial charge < -0.3 is 18.8 Å². The Morgan fingerprint density at radius 2 is 1.88 bits per heavy atom. The number of halogens is 1. The van der Waals surface area contributed by atoms with Crippen molar-refractivity contribution in [1.29, 1.82) is 0 Å². The maximum absolute atomic E-state index is 5.87. The minimum absolute atomic E-state index is 0.0174. The van der Waals surface area contributed by atoms with E-state index in [9.17, 15) is 0 Å². The zero-order chi connectivity index (χ0) is 12.4. The van der Waals surface area contributed by atoms with Gasteiger partial charge in [0, 0.05) is 14.2 Å². The van der Waals surface area contributed by atoms with Gasteiger partial charge in [-0.25, -0.2) is 0 Å². The summed E-state index contributed by atoms with van der Waals surface area (Å²) in [5, 5.41) is 7.58. The molecule has 96 valence electrons. The fraction of sp³-hybridized carbons (Fsp3) is 0.800. The minimum Gasteiger partial charge on any atom is -0.406 e. The van der Waals surface area contributed by atoms with Gasteiger partial charge in [-0.2, -0.15) is 0 Å². The van der Waals surface area contributed by atoms with Crippen LogP contribution >= 0.6 is 11.6 Å². The monoisotopic (exact) mass is 261 g/mol. The van der Waals surface area contributed by atoms with E-state index in [0.717, 1.165) is 0 Å². The van der Waals surface area contributed by atoms with Crippen LogP contribution in [-0.4, -0.2) is 49.7 Å². The van der Waals surface area contributed by atoms with E-state index in [1.807, 2.05) is 4.90 Å². The summed E-state index contributed by atoms with van der Waals surface area (Å²) < 4.78 is 16.2. The molecule has 0 spiro atoms. The van der Waals surface area contributed by atoms with Crippen LogP contribution in [0.3, 0.4) is 0 Å². The summed E-state index contributed by atoms with van der Waals surface area (Å²) in [6.07, 6.45) is 0.0348. The van der Waals surface area contributed by atoms with E-state index >= 15 is 0 Å². The number of hydrogen-bond acceptors (Lipinski definition) is 6. The molecule has 1 aromatic rings. The molecule has 0 aliphatic carbocycles. The molecule has 1 aliphatic rings. The van der Waals surface area contributed by atoms with E-state index in [4.69, 9.17) is 25.5 Å². The summed E-state index contributed by atoms with van der Waals surface area (Å²) in [5.41, 5.74) is 0. The first-order valence-electron chi connectivity index (χ1n) is 5.43. The number of methoxy groups -OCH3 is 2. The molecule has 0 N–H and O–H groups in total. The average molecular weight is 262 g/mol. The van der Waals surface area contributed by atoms with Crippen LogP contribution in [0.4, 0.5) is 6.01 Å². The zero-order valence-corrected chi connectivity index (χ0v) is 10.8. The predicted octanol–water partition coefficient (Wildman–Crippen LogP) is 1.22. The molecule has 3 atom stereocenters. The van der Waals surface area contributed by atoms with E-state index in [1.165, 1.54) is 0 Å².